The van der Waals surface area contributed by atoms with E-state index in [-0.39, 0.29) is 23.7 Å². The van der Waals surface area contributed by atoms with E-state index in [0.717, 1.165) is 0 Å². The lowest BCUT2D eigenvalue weighted by atomic mass is 10.1. The second-order valence-corrected chi connectivity index (χ2v) is 7.08. The Morgan fingerprint density at radius 3 is 2.34 bits per heavy atom. The van der Waals surface area contributed by atoms with Crippen molar-refractivity contribution in [1.29, 1.82) is 0 Å². The molecular formula is C25H20F2O5. The lowest BCUT2D eigenvalue weighted by Gasteiger charge is -2.12. The molecule has 5 nitrogen and oxygen atoms in total. The van der Waals surface area contributed by atoms with Crippen molar-refractivity contribution in [1.82, 2.24) is 0 Å². The first-order valence-corrected chi connectivity index (χ1v) is 9.79. The summed E-state index contributed by atoms with van der Waals surface area (Å²) in [7, 11) is 3.04. The number of hydrogen-bond donors (Lipinski definition) is 0. The molecule has 4 rings (SSSR count). The minimum absolute atomic E-state index is 0.118. The largest absolute Gasteiger partial charge is 0.493 e. The van der Waals surface area contributed by atoms with Gasteiger partial charge in [-0.2, -0.15) is 0 Å². The van der Waals surface area contributed by atoms with Crippen molar-refractivity contribution in [2.45, 2.75) is 13.5 Å². The number of carbonyl (C=O) groups excluding carboxylic acids is 1. The number of carbonyl (C=O) groups is 1. The highest BCUT2D eigenvalue weighted by molar-refractivity contribution is 6.15. The predicted molar refractivity (Wildman–Crippen MR) is 114 cm³/mol. The van der Waals surface area contributed by atoms with Crippen LogP contribution < -0.4 is 18.9 Å². The Hall–Kier alpha value is -3.87. The van der Waals surface area contributed by atoms with Gasteiger partial charge in [-0.3, -0.25) is 4.79 Å². The second kappa shape index (κ2) is 8.70. The van der Waals surface area contributed by atoms with Crippen LogP contribution in [0.25, 0.3) is 6.08 Å². The SMILES string of the molecule is COc1cccc(/C=C2\Oc3c(ccc(OCc4c(F)cccc4F)c3C)C2=O)c1OC. The molecule has 0 spiro atoms. The molecule has 7 heteroatoms. The van der Waals surface area contributed by atoms with E-state index in [0.29, 0.717) is 39.7 Å². The molecule has 3 aromatic rings. The average Bonchev–Trinajstić information content (AvgIpc) is 3.10. The fraction of sp³-hybridized carbons (Fsp3) is 0.160. The Morgan fingerprint density at radius 1 is 0.938 bits per heavy atom. The third-order valence-electron chi connectivity index (χ3n) is 5.19. The van der Waals surface area contributed by atoms with Crippen molar-refractivity contribution in [2.75, 3.05) is 14.2 Å². The van der Waals surface area contributed by atoms with Crippen molar-refractivity contribution in [2.24, 2.45) is 0 Å². The van der Waals surface area contributed by atoms with E-state index in [1.54, 1.807) is 43.3 Å². The quantitative estimate of drug-likeness (QED) is 0.477. The van der Waals surface area contributed by atoms with Gasteiger partial charge in [0.2, 0.25) is 5.78 Å². The van der Waals surface area contributed by atoms with Gasteiger partial charge in [-0.25, -0.2) is 8.78 Å². The monoisotopic (exact) mass is 438 g/mol. The summed E-state index contributed by atoms with van der Waals surface area (Å²) in [6.45, 7) is 1.42. The van der Waals surface area contributed by atoms with Crippen LogP contribution in [0.4, 0.5) is 8.78 Å². The van der Waals surface area contributed by atoms with Gasteiger partial charge < -0.3 is 18.9 Å². The Labute approximate surface area is 183 Å². The standard InChI is InChI=1S/C25H20F2O5/c1-14-20(31-13-17-18(26)7-5-8-19(17)27)11-10-16-23(28)22(32-24(14)16)12-15-6-4-9-21(29-2)25(15)30-3/h4-12H,13H2,1-3H3/b22-12-. The summed E-state index contributed by atoms with van der Waals surface area (Å²) in [6, 6.07) is 12.1. The molecule has 1 aliphatic heterocycles. The first kappa shape index (κ1) is 21.4. The first-order chi connectivity index (χ1) is 15.4. The van der Waals surface area contributed by atoms with E-state index >= 15 is 0 Å². The van der Waals surface area contributed by atoms with Crippen LogP contribution in [0.5, 0.6) is 23.0 Å². The molecule has 0 saturated heterocycles. The maximum atomic E-state index is 13.9. The van der Waals surface area contributed by atoms with Crippen molar-refractivity contribution < 1.29 is 32.5 Å². The maximum Gasteiger partial charge on any atom is 0.231 e. The number of benzene rings is 3. The van der Waals surface area contributed by atoms with E-state index < -0.39 is 11.6 Å². The number of fused-ring (bicyclic) bond motifs is 1. The molecule has 0 aliphatic carbocycles. The average molecular weight is 438 g/mol. The summed E-state index contributed by atoms with van der Waals surface area (Å²) < 4.78 is 50.0. The van der Waals surface area contributed by atoms with Gasteiger partial charge in [0.05, 0.1) is 25.3 Å². The van der Waals surface area contributed by atoms with E-state index in [1.165, 1.54) is 32.4 Å². The summed E-state index contributed by atoms with van der Waals surface area (Å²) >= 11 is 0. The van der Waals surface area contributed by atoms with Crippen LogP contribution in [-0.4, -0.2) is 20.0 Å². The van der Waals surface area contributed by atoms with Crippen LogP contribution in [0.15, 0.2) is 54.3 Å². The molecule has 0 bridgehead atoms. The zero-order valence-electron chi connectivity index (χ0n) is 17.7. The van der Waals surface area contributed by atoms with Crippen molar-refractivity contribution in [3.8, 4) is 23.0 Å². The molecular weight excluding hydrogens is 418 g/mol. The summed E-state index contributed by atoms with van der Waals surface area (Å²) in [5.74, 6) is 0.153. The highest BCUT2D eigenvalue weighted by atomic mass is 19.1. The molecule has 32 heavy (non-hydrogen) atoms. The summed E-state index contributed by atoms with van der Waals surface area (Å²) in [5.41, 5.74) is 1.37. The fourth-order valence-electron chi connectivity index (χ4n) is 3.51. The molecule has 3 aromatic carbocycles. The number of methoxy groups -OCH3 is 2. The number of allylic oxidation sites excluding steroid dienone is 1. The molecule has 0 atom stereocenters. The fourth-order valence-corrected chi connectivity index (χ4v) is 3.51. The predicted octanol–water partition coefficient (Wildman–Crippen LogP) is 5.49. The van der Waals surface area contributed by atoms with E-state index in [2.05, 4.69) is 0 Å². The van der Waals surface area contributed by atoms with Crippen LogP contribution >= 0.6 is 0 Å². The van der Waals surface area contributed by atoms with Crippen LogP contribution in [0.2, 0.25) is 0 Å². The number of ether oxygens (including phenoxy) is 4. The highest BCUT2D eigenvalue weighted by Gasteiger charge is 2.30. The van der Waals surface area contributed by atoms with Crippen LogP contribution in [0.3, 0.4) is 0 Å². The van der Waals surface area contributed by atoms with Gasteiger partial charge in [-0.1, -0.05) is 18.2 Å². The van der Waals surface area contributed by atoms with Crippen molar-refractivity contribution >= 4 is 11.9 Å². The van der Waals surface area contributed by atoms with Crippen LogP contribution in [0.1, 0.15) is 27.0 Å². The number of Topliss-reactive ketones (excluding diaryl/α,β-unsaturated/α-hetero) is 1. The Balaban J connectivity index is 1.62. The summed E-state index contributed by atoms with van der Waals surface area (Å²) in [4.78, 5) is 12.9. The molecule has 0 saturated carbocycles. The highest BCUT2D eigenvalue weighted by Crippen LogP contribution is 2.41. The van der Waals surface area contributed by atoms with Crippen molar-refractivity contribution in [3.63, 3.8) is 0 Å². The van der Waals surface area contributed by atoms with Gasteiger partial charge in [-0.05, 0) is 43.3 Å². The Bertz CT molecular complexity index is 1210. The van der Waals surface area contributed by atoms with Crippen molar-refractivity contribution in [3.05, 3.63) is 88.2 Å². The molecule has 0 fully saturated rings. The summed E-state index contributed by atoms with van der Waals surface area (Å²) in [6.07, 6.45) is 1.58. The first-order valence-electron chi connectivity index (χ1n) is 9.79. The van der Waals surface area contributed by atoms with Crippen LogP contribution in [-0.2, 0) is 6.61 Å². The van der Waals surface area contributed by atoms with Gasteiger partial charge >= 0.3 is 0 Å². The minimum Gasteiger partial charge on any atom is -0.493 e. The molecule has 0 amide bonds. The lowest BCUT2D eigenvalue weighted by Crippen LogP contribution is -2.03. The zero-order valence-corrected chi connectivity index (χ0v) is 17.7. The smallest absolute Gasteiger partial charge is 0.231 e. The third kappa shape index (κ3) is 3.77. The Kier molecular flexibility index (Phi) is 5.81. The molecule has 0 aromatic heterocycles. The topological polar surface area (TPSA) is 54.0 Å². The number of hydrogen-bond acceptors (Lipinski definition) is 5. The maximum absolute atomic E-state index is 13.9. The molecule has 164 valence electrons. The summed E-state index contributed by atoms with van der Waals surface area (Å²) in [5, 5.41) is 0. The minimum atomic E-state index is -0.687. The third-order valence-corrected chi connectivity index (χ3v) is 5.19. The number of para-hydroxylation sites is 1. The molecule has 1 aliphatic rings. The molecule has 1 heterocycles. The van der Waals surface area contributed by atoms with E-state index in [9.17, 15) is 13.6 Å². The van der Waals surface area contributed by atoms with Crippen LogP contribution in [0, 0.1) is 18.6 Å². The van der Waals surface area contributed by atoms with E-state index in [1.807, 2.05) is 0 Å². The van der Waals surface area contributed by atoms with E-state index in [4.69, 9.17) is 18.9 Å². The van der Waals surface area contributed by atoms with Gasteiger partial charge in [0.1, 0.15) is 29.7 Å². The number of ketones is 1. The molecule has 0 radical (unpaired) electrons. The van der Waals surface area contributed by atoms with Gasteiger partial charge in [0, 0.05) is 11.1 Å². The number of halogens is 2. The van der Waals surface area contributed by atoms with Gasteiger partial charge in [-0.15, -0.1) is 0 Å². The number of rotatable bonds is 6. The molecule has 0 N–H and O–H groups in total. The normalized spacial score (nSPS) is 13.7. The second-order valence-electron chi connectivity index (χ2n) is 7.08. The van der Waals surface area contributed by atoms with Gasteiger partial charge in [0.25, 0.3) is 0 Å². The zero-order chi connectivity index (χ0) is 22.8. The Morgan fingerprint density at radius 2 is 1.66 bits per heavy atom. The molecule has 0 unspecified atom stereocenters. The lowest BCUT2D eigenvalue weighted by molar-refractivity contribution is 0.101. The van der Waals surface area contributed by atoms with Gasteiger partial charge in [0.15, 0.2) is 17.3 Å².